The Hall–Kier alpha value is -3.95. The number of amides is 2. The van der Waals surface area contributed by atoms with Gasteiger partial charge >= 0.3 is 0 Å². The van der Waals surface area contributed by atoms with Gasteiger partial charge in [-0.05, 0) is 75.2 Å². The van der Waals surface area contributed by atoms with E-state index in [4.69, 9.17) is 0 Å². The van der Waals surface area contributed by atoms with Crippen LogP contribution in [0.2, 0.25) is 0 Å². The first-order valence-electron chi connectivity index (χ1n) is 14.5. The summed E-state index contributed by atoms with van der Waals surface area (Å²) in [5.74, 6) is -0.809. The van der Waals surface area contributed by atoms with Crippen LogP contribution >= 0.6 is 15.9 Å². The molecule has 0 aliphatic rings. The van der Waals surface area contributed by atoms with Crippen LogP contribution in [-0.2, 0) is 32.6 Å². The quantitative estimate of drug-likeness (QED) is 0.188. The van der Waals surface area contributed by atoms with Crippen molar-refractivity contribution in [3.05, 3.63) is 130 Å². The van der Waals surface area contributed by atoms with Gasteiger partial charge in [-0.2, -0.15) is 0 Å². The molecule has 1 atom stereocenters. The smallest absolute Gasteiger partial charge is 0.264 e. The zero-order valence-electron chi connectivity index (χ0n) is 25.4. The molecule has 4 aromatic rings. The predicted molar refractivity (Wildman–Crippen MR) is 179 cm³/mol. The van der Waals surface area contributed by atoms with Crippen molar-refractivity contribution < 1.29 is 18.0 Å². The van der Waals surface area contributed by atoms with Crippen molar-refractivity contribution in [2.75, 3.05) is 10.8 Å². The first-order chi connectivity index (χ1) is 20.9. The molecule has 0 aliphatic heterocycles. The van der Waals surface area contributed by atoms with Crippen molar-refractivity contribution in [2.45, 2.75) is 57.6 Å². The first-order valence-corrected chi connectivity index (χ1v) is 16.7. The fraction of sp³-hybridized carbons (Fsp3) is 0.257. The summed E-state index contributed by atoms with van der Waals surface area (Å²) in [4.78, 5) is 29.8. The van der Waals surface area contributed by atoms with Gasteiger partial charge in [0.15, 0.2) is 0 Å². The highest BCUT2D eigenvalue weighted by molar-refractivity contribution is 9.10. The monoisotopic (exact) mass is 675 g/mol. The van der Waals surface area contributed by atoms with Gasteiger partial charge in [-0.1, -0.05) is 93.8 Å². The minimum atomic E-state index is -4.14. The van der Waals surface area contributed by atoms with Crippen LogP contribution in [0.3, 0.4) is 0 Å². The van der Waals surface area contributed by atoms with Crippen LogP contribution in [0.15, 0.2) is 112 Å². The average Bonchev–Trinajstić information content (AvgIpc) is 2.98. The Balaban J connectivity index is 1.80. The summed E-state index contributed by atoms with van der Waals surface area (Å²) in [6, 6.07) is 29.5. The number of rotatable bonds is 12. The summed E-state index contributed by atoms with van der Waals surface area (Å²) in [5, 5.41) is 2.97. The number of carbonyl (C=O) groups is 2. The van der Waals surface area contributed by atoms with Crippen LogP contribution in [0.5, 0.6) is 0 Å². The van der Waals surface area contributed by atoms with Crippen molar-refractivity contribution >= 4 is 43.5 Å². The second kappa shape index (κ2) is 14.7. The van der Waals surface area contributed by atoms with Crippen molar-refractivity contribution in [3.63, 3.8) is 0 Å². The highest BCUT2D eigenvalue weighted by Crippen LogP contribution is 2.26. The fourth-order valence-electron chi connectivity index (χ4n) is 4.84. The summed E-state index contributed by atoms with van der Waals surface area (Å²) < 4.78 is 30.2. The van der Waals surface area contributed by atoms with Gasteiger partial charge in [0.1, 0.15) is 12.6 Å². The van der Waals surface area contributed by atoms with Gasteiger partial charge in [-0.25, -0.2) is 8.42 Å². The number of hydrogen-bond acceptors (Lipinski definition) is 4. The molecule has 9 heteroatoms. The highest BCUT2D eigenvalue weighted by atomic mass is 79.9. The van der Waals surface area contributed by atoms with Crippen molar-refractivity contribution in [1.29, 1.82) is 0 Å². The Labute approximate surface area is 269 Å². The Kier molecular flexibility index (Phi) is 11.0. The molecular weight excluding hydrogens is 638 g/mol. The molecule has 0 saturated carbocycles. The van der Waals surface area contributed by atoms with Gasteiger partial charge in [0.25, 0.3) is 10.0 Å². The Morgan fingerprint density at radius 2 is 1.39 bits per heavy atom. The fourth-order valence-corrected chi connectivity index (χ4v) is 6.70. The third kappa shape index (κ3) is 8.57. The van der Waals surface area contributed by atoms with E-state index in [9.17, 15) is 18.0 Å². The zero-order chi connectivity index (χ0) is 31.9. The molecule has 0 spiro atoms. The van der Waals surface area contributed by atoms with Gasteiger partial charge in [0.2, 0.25) is 11.8 Å². The summed E-state index contributed by atoms with van der Waals surface area (Å²) >= 11 is 3.51. The molecule has 1 unspecified atom stereocenters. The van der Waals surface area contributed by atoms with E-state index in [0.717, 1.165) is 31.0 Å². The molecule has 0 heterocycles. The second-order valence-electron chi connectivity index (χ2n) is 11.2. The number of aryl methyl sites for hydroxylation is 2. The third-order valence-corrected chi connectivity index (χ3v) is 9.44. The maximum atomic E-state index is 14.5. The lowest BCUT2D eigenvalue weighted by molar-refractivity contribution is -0.140. The van der Waals surface area contributed by atoms with Crippen LogP contribution < -0.4 is 9.62 Å². The van der Waals surface area contributed by atoms with Gasteiger partial charge in [-0.3, -0.25) is 13.9 Å². The Morgan fingerprint density at radius 3 is 1.98 bits per heavy atom. The van der Waals surface area contributed by atoms with E-state index in [1.54, 1.807) is 36.4 Å². The van der Waals surface area contributed by atoms with Crippen LogP contribution in [-0.4, -0.2) is 43.8 Å². The molecule has 0 aromatic heterocycles. The number of hydrogen-bond donors (Lipinski definition) is 1. The molecular formula is C35H38BrN3O4S. The van der Waals surface area contributed by atoms with Crippen molar-refractivity contribution in [2.24, 2.45) is 0 Å². The van der Waals surface area contributed by atoms with Crippen molar-refractivity contribution in [3.8, 4) is 0 Å². The predicted octanol–water partition coefficient (Wildman–Crippen LogP) is 6.43. The standard InChI is InChI=1S/C35H38BrN3O4S/c1-25(2)37-35(41)33(22-28-9-6-5-7-10-28)38(23-29-11-8-12-30(36)21-29)34(40)24-39(31-17-13-26(3)14-18-31)44(42,43)32-19-15-27(4)16-20-32/h5-21,25,33H,22-24H2,1-4H3,(H,37,41). The third-order valence-electron chi connectivity index (χ3n) is 7.15. The van der Waals surface area contributed by atoms with E-state index in [1.807, 2.05) is 94.4 Å². The lowest BCUT2D eigenvalue weighted by Crippen LogP contribution is -2.54. The van der Waals surface area contributed by atoms with Crippen molar-refractivity contribution in [1.82, 2.24) is 10.2 Å². The number of benzene rings is 4. The number of nitrogens with zero attached hydrogens (tertiary/aromatic N) is 2. The van der Waals surface area contributed by atoms with E-state index >= 15 is 0 Å². The molecule has 0 aliphatic carbocycles. The molecule has 1 N–H and O–H groups in total. The average molecular weight is 677 g/mol. The van der Waals surface area contributed by atoms with Gasteiger partial charge in [0.05, 0.1) is 10.6 Å². The molecule has 44 heavy (non-hydrogen) atoms. The molecule has 0 fully saturated rings. The lowest BCUT2D eigenvalue weighted by Gasteiger charge is -2.34. The number of halogens is 1. The van der Waals surface area contributed by atoms with E-state index < -0.39 is 28.5 Å². The van der Waals surface area contributed by atoms with Crippen LogP contribution in [0.25, 0.3) is 0 Å². The summed E-state index contributed by atoms with van der Waals surface area (Å²) in [7, 11) is -4.14. The van der Waals surface area contributed by atoms with E-state index in [0.29, 0.717) is 5.69 Å². The summed E-state index contributed by atoms with van der Waals surface area (Å²) in [6.45, 7) is 7.14. The minimum absolute atomic E-state index is 0.0772. The van der Waals surface area contributed by atoms with E-state index in [-0.39, 0.29) is 29.8 Å². The first kappa shape index (κ1) is 33.0. The number of nitrogens with one attached hydrogen (secondary N) is 1. The molecule has 2 amide bonds. The lowest BCUT2D eigenvalue weighted by atomic mass is 10.0. The minimum Gasteiger partial charge on any atom is -0.352 e. The molecule has 4 aromatic carbocycles. The van der Waals surface area contributed by atoms with Gasteiger partial charge in [0, 0.05) is 23.5 Å². The Morgan fingerprint density at radius 1 is 0.795 bits per heavy atom. The molecule has 0 bridgehead atoms. The molecule has 4 rings (SSSR count). The maximum absolute atomic E-state index is 14.5. The number of sulfonamides is 1. The molecule has 7 nitrogen and oxygen atoms in total. The topological polar surface area (TPSA) is 86.8 Å². The second-order valence-corrected chi connectivity index (χ2v) is 14.0. The molecule has 0 saturated heterocycles. The maximum Gasteiger partial charge on any atom is 0.264 e. The summed E-state index contributed by atoms with van der Waals surface area (Å²) in [5.41, 5.74) is 3.91. The van der Waals surface area contributed by atoms with Crippen LogP contribution in [0, 0.1) is 13.8 Å². The van der Waals surface area contributed by atoms with Gasteiger partial charge in [-0.15, -0.1) is 0 Å². The Bertz CT molecular complexity index is 1680. The van der Waals surface area contributed by atoms with E-state index in [1.165, 1.54) is 4.90 Å². The molecule has 230 valence electrons. The zero-order valence-corrected chi connectivity index (χ0v) is 27.8. The highest BCUT2D eigenvalue weighted by Gasteiger charge is 2.34. The number of anilines is 1. The summed E-state index contributed by atoms with van der Waals surface area (Å²) in [6.07, 6.45) is 0.258. The van der Waals surface area contributed by atoms with Crippen LogP contribution in [0.1, 0.15) is 36.1 Å². The van der Waals surface area contributed by atoms with Crippen LogP contribution in [0.4, 0.5) is 5.69 Å². The SMILES string of the molecule is Cc1ccc(N(CC(=O)N(Cc2cccc(Br)c2)C(Cc2ccccc2)C(=O)NC(C)C)S(=O)(=O)c2ccc(C)cc2)cc1. The number of carbonyl (C=O) groups excluding carboxylic acids is 2. The normalized spacial score (nSPS) is 12.0. The van der Waals surface area contributed by atoms with E-state index in [2.05, 4.69) is 21.2 Å². The van der Waals surface area contributed by atoms with Gasteiger partial charge < -0.3 is 10.2 Å². The largest absolute Gasteiger partial charge is 0.352 e. The molecule has 0 radical (unpaired) electrons.